The van der Waals surface area contributed by atoms with Gasteiger partial charge in [-0.3, -0.25) is 4.79 Å². The largest absolute Gasteiger partial charge is 0.385 e. The zero-order valence-corrected chi connectivity index (χ0v) is 8.16. The van der Waals surface area contributed by atoms with Crippen LogP contribution in [-0.2, 0) is 9.53 Å². The zero-order chi connectivity index (χ0) is 9.68. The van der Waals surface area contributed by atoms with Crippen molar-refractivity contribution >= 4 is 5.91 Å². The van der Waals surface area contributed by atoms with Crippen molar-refractivity contribution in [1.82, 2.24) is 4.90 Å². The lowest BCUT2D eigenvalue weighted by molar-refractivity contribution is -0.135. The van der Waals surface area contributed by atoms with Crippen LogP contribution in [0.15, 0.2) is 0 Å². The van der Waals surface area contributed by atoms with Gasteiger partial charge in [-0.2, -0.15) is 0 Å². The average Bonchev–Trinajstić information content (AvgIpc) is 2.13. The molecule has 4 nitrogen and oxygen atoms in total. The molecule has 1 amide bonds. The van der Waals surface area contributed by atoms with Gasteiger partial charge in [0.2, 0.25) is 5.91 Å². The first-order chi connectivity index (χ1) is 6.25. The van der Waals surface area contributed by atoms with Crippen molar-refractivity contribution in [3.8, 4) is 0 Å². The van der Waals surface area contributed by atoms with E-state index in [1.54, 1.807) is 7.11 Å². The van der Waals surface area contributed by atoms with E-state index in [-0.39, 0.29) is 11.9 Å². The molecule has 1 fully saturated rings. The maximum atomic E-state index is 11.5. The van der Waals surface area contributed by atoms with Crippen LogP contribution in [0.4, 0.5) is 0 Å². The van der Waals surface area contributed by atoms with Crippen LogP contribution in [0.5, 0.6) is 0 Å². The molecule has 1 rings (SSSR count). The molecule has 0 aliphatic carbocycles. The molecule has 1 aliphatic heterocycles. The van der Waals surface area contributed by atoms with Crippen LogP contribution in [0.2, 0.25) is 0 Å². The second-order valence-electron chi connectivity index (χ2n) is 3.42. The molecule has 0 aromatic rings. The van der Waals surface area contributed by atoms with Crippen LogP contribution in [0.25, 0.3) is 0 Å². The monoisotopic (exact) mass is 186 g/mol. The molecule has 1 aliphatic rings. The quantitative estimate of drug-likeness (QED) is 0.627. The van der Waals surface area contributed by atoms with Crippen LogP contribution >= 0.6 is 0 Å². The molecule has 1 saturated heterocycles. The fourth-order valence-corrected chi connectivity index (χ4v) is 1.59. The molecule has 1 atom stereocenters. The average molecular weight is 186 g/mol. The molecule has 13 heavy (non-hydrogen) atoms. The number of nitrogens with zero attached hydrogens (tertiary/aromatic N) is 1. The number of rotatable bonds is 4. The minimum Gasteiger partial charge on any atom is -0.385 e. The van der Waals surface area contributed by atoms with Gasteiger partial charge in [-0.15, -0.1) is 0 Å². The summed E-state index contributed by atoms with van der Waals surface area (Å²) in [6.07, 6.45) is 2.76. The van der Waals surface area contributed by atoms with Crippen molar-refractivity contribution in [3.05, 3.63) is 0 Å². The maximum Gasteiger partial charge on any atom is 0.239 e. The molecule has 0 aromatic heterocycles. The Bertz CT molecular complexity index is 173. The molecule has 0 aromatic carbocycles. The molecule has 1 unspecified atom stereocenters. The number of methoxy groups -OCH3 is 1. The van der Waals surface area contributed by atoms with Gasteiger partial charge >= 0.3 is 0 Å². The zero-order valence-electron chi connectivity index (χ0n) is 8.16. The smallest absolute Gasteiger partial charge is 0.239 e. The van der Waals surface area contributed by atoms with E-state index in [9.17, 15) is 4.79 Å². The van der Waals surface area contributed by atoms with E-state index >= 15 is 0 Å². The molecule has 0 saturated carbocycles. The van der Waals surface area contributed by atoms with Crippen LogP contribution in [-0.4, -0.2) is 43.7 Å². The molecule has 4 heteroatoms. The first-order valence-corrected chi connectivity index (χ1v) is 4.79. The lowest BCUT2D eigenvalue weighted by Gasteiger charge is -2.30. The normalized spacial score (nSPS) is 23.7. The number of carbonyl (C=O) groups is 1. The summed E-state index contributed by atoms with van der Waals surface area (Å²) < 4.78 is 4.93. The Morgan fingerprint density at radius 2 is 2.46 bits per heavy atom. The summed E-state index contributed by atoms with van der Waals surface area (Å²) in [6, 6.07) is -0.267. The molecule has 1 heterocycles. The van der Waals surface area contributed by atoms with Crippen molar-refractivity contribution in [2.75, 3.05) is 26.8 Å². The molecular formula is C9H18N2O2. The van der Waals surface area contributed by atoms with E-state index < -0.39 is 0 Å². The Kier molecular flexibility index (Phi) is 4.18. The number of amides is 1. The highest BCUT2D eigenvalue weighted by atomic mass is 16.5. The van der Waals surface area contributed by atoms with Gasteiger partial charge in [0.1, 0.15) is 0 Å². The minimum atomic E-state index is -0.267. The summed E-state index contributed by atoms with van der Waals surface area (Å²) in [6.45, 7) is 2.34. The molecule has 0 radical (unpaired) electrons. The Morgan fingerprint density at radius 3 is 3.15 bits per heavy atom. The van der Waals surface area contributed by atoms with Gasteiger partial charge in [0.15, 0.2) is 0 Å². The molecule has 76 valence electrons. The number of carbonyl (C=O) groups excluding carboxylic acids is 1. The second kappa shape index (κ2) is 5.19. The first-order valence-electron chi connectivity index (χ1n) is 4.79. The first kappa shape index (κ1) is 10.5. The Balaban J connectivity index is 2.27. The number of likely N-dealkylation sites (tertiary alicyclic amines) is 1. The number of ether oxygens (including phenoxy) is 1. The van der Waals surface area contributed by atoms with Crippen molar-refractivity contribution in [1.29, 1.82) is 0 Å². The van der Waals surface area contributed by atoms with Gasteiger partial charge in [0, 0.05) is 26.8 Å². The van der Waals surface area contributed by atoms with Crippen molar-refractivity contribution < 1.29 is 9.53 Å². The summed E-state index contributed by atoms with van der Waals surface area (Å²) >= 11 is 0. The van der Waals surface area contributed by atoms with Crippen molar-refractivity contribution in [2.45, 2.75) is 25.3 Å². The Labute approximate surface area is 79.0 Å². The van der Waals surface area contributed by atoms with Crippen molar-refractivity contribution in [2.24, 2.45) is 5.73 Å². The topological polar surface area (TPSA) is 55.6 Å². The minimum absolute atomic E-state index is 0.0994. The third kappa shape index (κ3) is 2.97. The summed E-state index contributed by atoms with van der Waals surface area (Å²) in [5.74, 6) is 0.0994. The van der Waals surface area contributed by atoms with E-state index in [2.05, 4.69) is 0 Å². The fraction of sp³-hybridized carbons (Fsp3) is 0.889. The third-order valence-corrected chi connectivity index (χ3v) is 2.35. The van der Waals surface area contributed by atoms with E-state index in [0.29, 0.717) is 6.61 Å². The second-order valence-corrected chi connectivity index (χ2v) is 3.42. The van der Waals surface area contributed by atoms with E-state index in [1.165, 1.54) is 0 Å². The fourth-order valence-electron chi connectivity index (χ4n) is 1.59. The lowest BCUT2D eigenvalue weighted by atomic mass is 10.1. The Hall–Kier alpha value is -0.610. The standard InChI is InChI=1S/C9H18N2O2/c1-13-7-3-6-11-5-2-4-8(10)9(11)12/h8H,2-7,10H2,1H3. The highest BCUT2D eigenvalue weighted by molar-refractivity contribution is 5.82. The highest BCUT2D eigenvalue weighted by Crippen LogP contribution is 2.09. The maximum absolute atomic E-state index is 11.5. The van der Waals surface area contributed by atoms with Gasteiger partial charge in [-0.1, -0.05) is 0 Å². The van der Waals surface area contributed by atoms with Gasteiger partial charge in [-0.05, 0) is 19.3 Å². The van der Waals surface area contributed by atoms with Crippen molar-refractivity contribution in [3.63, 3.8) is 0 Å². The molecular weight excluding hydrogens is 168 g/mol. The van der Waals surface area contributed by atoms with Crippen LogP contribution in [0, 0.1) is 0 Å². The van der Waals surface area contributed by atoms with Crippen LogP contribution in [0.3, 0.4) is 0 Å². The predicted molar refractivity (Wildman–Crippen MR) is 50.3 cm³/mol. The molecule has 2 N–H and O–H groups in total. The van der Waals surface area contributed by atoms with Crippen LogP contribution in [0.1, 0.15) is 19.3 Å². The summed E-state index contributed by atoms with van der Waals surface area (Å²) in [4.78, 5) is 13.3. The predicted octanol–water partition coefficient (Wildman–Crippen LogP) is -0.0274. The van der Waals surface area contributed by atoms with E-state index in [0.717, 1.165) is 32.4 Å². The van der Waals surface area contributed by atoms with Gasteiger partial charge in [0.05, 0.1) is 6.04 Å². The Morgan fingerprint density at radius 1 is 1.69 bits per heavy atom. The number of hydrogen-bond donors (Lipinski definition) is 1. The van der Waals surface area contributed by atoms with Crippen LogP contribution < -0.4 is 5.73 Å². The molecule has 0 bridgehead atoms. The SMILES string of the molecule is COCCCN1CCCC(N)C1=O. The number of piperidine rings is 1. The van der Waals surface area contributed by atoms with E-state index in [4.69, 9.17) is 10.5 Å². The third-order valence-electron chi connectivity index (χ3n) is 2.35. The van der Waals surface area contributed by atoms with Gasteiger partial charge in [-0.25, -0.2) is 0 Å². The summed E-state index contributed by atoms with van der Waals surface area (Å²) in [7, 11) is 1.67. The van der Waals surface area contributed by atoms with Gasteiger partial charge in [0.25, 0.3) is 0 Å². The molecule has 0 spiro atoms. The van der Waals surface area contributed by atoms with Gasteiger partial charge < -0.3 is 15.4 Å². The summed E-state index contributed by atoms with van der Waals surface area (Å²) in [5, 5.41) is 0. The van der Waals surface area contributed by atoms with E-state index in [1.807, 2.05) is 4.90 Å². The summed E-state index contributed by atoms with van der Waals surface area (Å²) in [5.41, 5.74) is 5.65. The number of hydrogen-bond acceptors (Lipinski definition) is 3. The highest BCUT2D eigenvalue weighted by Gasteiger charge is 2.24. The number of nitrogens with two attached hydrogens (primary N) is 1. The lowest BCUT2D eigenvalue weighted by Crippen LogP contribution is -2.48.